The summed E-state index contributed by atoms with van der Waals surface area (Å²) < 4.78 is 0. The Morgan fingerprint density at radius 3 is 2.04 bits per heavy atom. The predicted molar refractivity (Wildman–Crippen MR) is 104 cm³/mol. The van der Waals surface area contributed by atoms with Crippen LogP contribution in [0, 0.1) is 11.3 Å². The highest BCUT2D eigenvalue weighted by molar-refractivity contribution is 6.01. The molecule has 0 heterocycles. The van der Waals surface area contributed by atoms with Gasteiger partial charge >= 0.3 is 0 Å². The van der Waals surface area contributed by atoms with Crippen molar-refractivity contribution >= 4 is 17.3 Å². The lowest BCUT2D eigenvalue weighted by molar-refractivity contribution is -0.119. The number of nitrogens with zero attached hydrogens (tertiary/aromatic N) is 1. The first kappa shape index (κ1) is 18.1. The second kappa shape index (κ2) is 6.87. The Kier molecular flexibility index (Phi) is 4.77. The molecule has 0 saturated carbocycles. The quantitative estimate of drug-likeness (QED) is 0.749. The van der Waals surface area contributed by atoms with Gasteiger partial charge in [-0.2, -0.15) is 0 Å². The molecule has 0 bridgehead atoms. The number of phenols is 2. The highest BCUT2D eigenvalue weighted by atomic mass is 16.3. The molecule has 0 radical (unpaired) electrons. The Labute approximate surface area is 154 Å². The molecule has 0 aliphatic heterocycles. The molecule has 2 aromatic rings. The minimum absolute atomic E-state index is 0.0149. The summed E-state index contributed by atoms with van der Waals surface area (Å²) >= 11 is 0. The molecule has 1 atom stereocenters. The van der Waals surface area contributed by atoms with Gasteiger partial charge in [0.25, 0.3) is 0 Å². The summed E-state index contributed by atoms with van der Waals surface area (Å²) in [6, 6.07) is 13.2. The summed E-state index contributed by atoms with van der Waals surface area (Å²) in [5.74, 6) is 0.368. The summed E-state index contributed by atoms with van der Waals surface area (Å²) in [7, 11) is 0. The second-order valence-electron chi connectivity index (χ2n) is 7.51. The topological polar surface area (TPSA) is 60.8 Å². The maximum Gasteiger partial charge on any atom is 0.231 e. The summed E-state index contributed by atoms with van der Waals surface area (Å²) in [4.78, 5) is 14.8. The van der Waals surface area contributed by atoms with Crippen molar-refractivity contribution in [1.82, 2.24) is 0 Å². The molecule has 0 spiro atoms. The Morgan fingerprint density at radius 2 is 1.62 bits per heavy atom. The van der Waals surface area contributed by atoms with E-state index in [1.165, 1.54) is 5.57 Å². The lowest BCUT2D eigenvalue weighted by Gasteiger charge is -2.31. The minimum Gasteiger partial charge on any atom is -0.508 e. The summed E-state index contributed by atoms with van der Waals surface area (Å²) in [5, 5.41) is 19.7. The van der Waals surface area contributed by atoms with E-state index in [1.54, 1.807) is 53.4 Å². The van der Waals surface area contributed by atoms with E-state index in [0.29, 0.717) is 17.8 Å². The van der Waals surface area contributed by atoms with E-state index < -0.39 is 0 Å². The van der Waals surface area contributed by atoms with Crippen LogP contribution in [-0.4, -0.2) is 16.1 Å². The molecule has 2 aromatic carbocycles. The molecule has 26 heavy (non-hydrogen) atoms. The van der Waals surface area contributed by atoms with E-state index >= 15 is 0 Å². The maximum atomic E-state index is 13.3. The number of anilines is 2. The van der Waals surface area contributed by atoms with Gasteiger partial charge in [-0.25, -0.2) is 0 Å². The van der Waals surface area contributed by atoms with E-state index in [4.69, 9.17) is 0 Å². The van der Waals surface area contributed by atoms with Crippen LogP contribution in [0.25, 0.3) is 0 Å². The molecule has 2 N–H and O–H groups in total. The van der Waals surface area contributed by atoms with Crippen LogP contribution in [0.2, 0.25) is 0 Å². The molecule has 0 saturated heterocycles. The van der Waals surface area contributed by atoms with Gasteiger partial charge in [0.2, 0.25) is 5.91 Å². The normalized spacial score (nSPS) is 18.4. The fourth-order valence-corrected chi connectivity index (χ4v) is 3.54. The van der Waals surface area contributed by atoms with Gasteiger partial charge in [-0.05, 0) is 48.9 Å². The first-order valence-corrected chi connectivity index (χ1v) is 8.87. The molecule has 0 aromatic heterocycles. The Balaban J connectivity index is 1.95. The summed E-state index contributed by atoms with van der Waals surface area (Å²) in [5.41, 5.74) is 2.47. The minimum atomic E-state index is -0.0534. The zero-order chi connectivity index (χ0) is 18.9. The molecule has 4 nitrogen and oxygen atoms in total. The van der Waals surface area contributed by atoms with Crippen LogP contribution in [0.1, 0.15) is 33.6 Å². The maximum absolute atomic E-state index is 13.3. The smallest absolute Gasteiger partial charge is 0.231 e. The molecule has 1 aliphatic rings. The standard InChI is InChI=1S/C22H25NO3/c1-15-10-11-16(22(15,2)3)12-21(26)23(17-6-4-8-19(24)13-17)18-7-5-9-20(25)14-18/h4-10,13-14,16,24-25H,11-12H2,1-3H3/t16-/m1/s1. The zero-order valence-corrected chi connectivity index (χ0v) is 15.4. The van der Waals surface area contributed by atoms with Gasteiger partial charge in [0.15, 0.2) is 0 Å². The van der Waals surface area contributed by atoms with Crippen molar-refractivity contribution in [2.24, 2.45) is 11.3 Å². The van der Waals surface area contributed by atoms with Crippen LogP contribution in [-0.2, 0) is 4.79 Å². The van der Waals surface area contributed by atoms with Crippen molar-refractivity contribution in [2.75, 3.05) is 4.90 Å². The average Bonchev–Trinajstić information content (AvgIpc) is 2.82. The molecule has 1 aliphatic carbocycles. The third-order valence-electron chi connectivity index (χ3n) is 5.59. The van der Waals surface area contributed by atoms with Gasteiger partial charge in [0, 0.05) is 18.6 Å². The van der Waals surface area contributed by atoms with Crippen LogP contribution in [0.3, 0.4) is 0 Å². The van der Waals surface area contributed by atoms with E-state index in [-0.39, 0.29) is 28.7 Å². The number of aromatic hydroxyl groups is 2. The number of rotatable bonds is 4. The highest BCUT2D eigenvalue weighted by Gasteiger charge is 2.37. The average molecular weight is 351 g/mol. The van der Waals surface area contributed by atoms with E-state index in [9.17, 15) is 15.0 Å². The van der Waals surface area contributed by atoms with Gasteiger partial charge in [-0.15, -0.1) is 0 Å². The lowest BCUT2D eigenvalue weighted by atomic mass is 9.76. The number of carbonyl (C=O) groups excluding carboxylic acids is 1. The van der Waals surface area contributed by atoms with E-state index in [1.807, 2.05) is 0 Å². The van der Waals surface area contributed by atoms with Gasteiger partial charge in [-0.1, -0.05) is 37.6 Å². The first-order chi connectivity index (χ1) is 12.3. The molecule has 0 fully saturated rings. The van der Waals surface area contributed by atoms with Crippen molar-refractivity contribution in [1.29, 1.82) is 0 Å². The third kappa shape index (κ3) is 3.45. The fraction of sp³-hybridized carbons (Fsp3) is 0.318. The first-order valence-electron chi connectivity index (χ1n) is 8.87. The number of amides is 1. The molecule has 1 amide bonds. The summed E-state index contributed by atoms with van der Waals surface area (Å²) in [6.45, 7) is 6.47. The third-order valence-corrected chi connectivity index (χ3v) is 5.59. The van der Waals surface area contributed by atoms with Crippen LogP contribution in [0.15, 0.2) is 60.2 Å². The van der Waals surface area contributed by atoms with Crippen molar-refractivity contribution in [3.8, 4) is 11.5 Å². The van der Waals surface area contributed by atoms with Crippen molar-refractivity contribution in [3.05, 3.63) is 60.2 Å². The molecule has 3 rings (SSSR count). The fourth-order valence-electron chi connectivity index (χ4n) is 3.54. The van der Waals surface area contributed by atoms with E-state index in [2.05, 4.69) is 26.8 Å². The van der Waals surface area contributed by atoms with Crippen LogP contribution < -0.4 is 4.90 Å². The van der Waals surface area contributed by atoms with Crippen molar-refractivity contribution in [2.45, 2.75) is 33.6 Å². The number of benzene rings is 2. The lowest BCUT2D eigenvalue weighted by Crippen LogP contribution is -2.31. The monoisotopic (exact) mass is 351 g/mol. The van der Waals surface area contributed by atoms with E-state index in [0.717, 1.165) is 6.42 Å². The zero-order valence-electron chi connectivity index (χ0n) is 15.4. The number of phenolic OH excluding ortho intramolecular Hbond substituents is 2. The Hall–Kier alpha value is -2.75. The number of carbonyl (C=O) groups is 1. The van der Waals surface area contributed by atoms with Crippen LogP contribution in [0.5, 0.6) is 11.5 Å². The Morgan fingerprint density at radius 1 is 1.08 bits per heavy atom. The van der Waals surface area contributed by atoms with Crippen LogP contribution in [0.4, 0.5) is 11.4 Å². The molecule has 136 valence electrons. The molecule has 0 unspecified atom stereocenters. The van der Waals surface area contributed by atoms with Crippen LogP contribution >= 0.6 is 0 Å². The number of hydrogen-bond donors (Lipinski definition) is 2. The van der Waals surface area contributed by atoms with Gasteiger partial charge in [0.1, 0.15) is 11.5 Å². The SMILES string of the molecule is CC1=CC[C@H](CC(=O)N(c2cccc(O)c2)c2cccc(O)c2)C1(C)C. The second-order valence-corrected chi connectivity index (χ2v) is 7.51. The number of hydrogen-bond acceptors (Lipinski definition) is 3. The number of allylic oxidation sites excluding steroid dienone is 2. The largest absolute Gasteiger partial charge is 0.508 e. The molecular weight excluding hydrogens is 326 g/mol. The van der Waals surface area contributed by atoms with Gasteiger partial charge in [-0.3, -0.25) is 9.69 Å². The highest BCUT2D eigenvalue weighted by Crippen LogP contribution is 2.45. The summed E-state index contributed by atoms with van der Waals surface area (Å²) in [6.07, 6.45) is 3.50. The van der Waals surface area contributed by atoms with Gasteiger partial charge < -0.3 is 10.2 Å². The predicted octanol–water partition coefficient (Wildman–Crippen LogP) is 5.15. The molecule has 4 heteroatoms. The Bertz CT molecular complexity index is 808. The van der Waals surface area contributed by atoms with Gasteiger partial charge in [0.05, 0.1) is 11.4 Å². The molecular formula is C22H25NO3. The van der Waals surface area contributed by atoms with Crippen molar-refractivity contribution < 1.29 is 15.0 Å². The van der Waals surface area contributed by atoms with Crippen molar-refractivity contribution in [3.63, 3.8) is 0 Å².